The summed E-state index contributed by atoms with van der Waals surface area (Å²) in [5, 5.41) is 23.2. The van der Waals surface area contributed by atoms with Gasteiger partial charge in [-0.2, -0.15) is 0 Å². The maximum absolute atomic E-state index is 12.5. The number of amides is 1. The summed E-state index contributed by atoms with van der Waals surface area (Å²) in [6, 6.07) is -0.626. The molecule has 0 fully saturated rings. The van der Waals surface area contributed by atoms with Gasteiger partial charge in [0.05, 0.1) is 25.4 Å². The number of aliphatic hydroxyl groups excluding tert-OH is 2. The Morgan fingerprint density at radius 3 is 1.05 bits per heavy atom. The topological polar surface area (TPSA) is 95.9 Å². The minimum absolute atomic E-state index is 0.00301. The maximum Gasteiger partial charge on any atom is 0.305 e. The molecule has 1 amide bonds. The van der Waals surface area contributed by atoms with Gasteiger partial charge in [0.2, 0.25) is 5.91 Å². The van der Waals surface area contributed by atoms with Crippen LogP contribution in [0.3, 0.4) is 0 Å². The molecule has 0 aromatic rings. The van der Waals surface area contributed by atoms with Crippen molar-refractivity contribution in [1.82, 2.24) is 5.32 Å². The lowest BCUT2D eigenvalue weighted by Gasteiger charge is -2.20. The Labute approximate surface area is 462 Å². The third-order valence-corrected chi connectivity index (χ3v) is 15.4. The van der Waals surface area contributed by atoms with Crippen LogP contribution in [0.1, 0.15) is 361 Å². The molecular formula is C68H129NO5. The van der Waals surface area contributed by atoms with Crippen LogP contribution in [0.25, 0.3) is 0 Å². The van der Waals surface area contributed by atoms with E-state index in [2.05, 4.69) is 43.5 Å². The number of carbonyl (C=O) groups excluding carboxylic acids is 2. The number of rotatable bonds is 62. The maximum atomic E-state index is 12.5. The van der Waals surface area contributed by atoms with E-state index in [0.717, 1.165) is 51.4 Å². The minimum Gasteiger partial charge on any atom is -0.466 e. The fourth-order valence-corrected chi connectivity index (χ4v) is 10.3. The molecule has 436 valence electrons. The minimum atomic E-state index is -0.843. The lowest BCUT2D eigenvalue weighted by atomic mass is 10.0. The molecule has 0 bridgehead atoms. The first-order valence-electron chi connectivity index (χ1n) is 33.3. The van der Waals surface area contributed by atoms with Crippen molar-refractivity contribution in [1.29, 1.82) is 0 Å². The van der Waals surface area contributed by atoms with Crippen LogP contribution in [0.4, 0.5) is 0 Å². The van der Waals surface area contributed by atoms with Crippen molar-refractivity contribution in [3.8, 4) is 0 Å². The predicted octanol–water partition coefficient (Wildman–Crippen LogP) is 21.1. The van der Waals surface area contributed by atoms with Gasteiger partial charge in [0.1, 0.15) is 0 Å². The number of aliphatic hydroxyl groups is 2. The molecule has 0 saturated carbocycles. The van der Waals surface area contributed by atoms with E-state index in [0.29, 0.717) is 19.4 Å². The second-order valence-corrected chi connectivity index (χ2v) is 22.8. The predicted molar refractivity (Wildman–Crippen MR) is 324 cm³/mol. The molecule has 0 spiro atoms. The number of carbonyl (C=O) groups is 2. The van der Waals surface area contributed by atoms with Crippen LogP contribution in [0.2, 0.25) is 0 Å². The number of unbranched alkanes of at least 4 members (excludes halogenated alkanes) is 47. The highest BCUT2D eigenvalue weighted by molar-refractivity contribution is 5.76. The van der Waals surface area contributed by atoms with Crippen molar-refractivity contribution < 1.29 is 24.5 Å². The summed E-state index contributed by atoms with van der Waals surface area (Å²) in [6.45, 7) is 4.89. The van der Waals surface area contributed by atoms with Gasteiger partial charge in [0, 0.05) is 12.8 Å². The first-order valence-corrected chi connectivity index (χ1v) is 33.3. The molecule has 6 nitrogen and oxygen atoms in total. The SMILES string of the molecule is CCCCC/C=C\C/C=C\CCCCCCCC(=O)OCCCCCCCCCCCCCCCCCCCCCCCCCCCCC(=O)N[C@@H](CO)[C@H](O)/C=C/CCCCCCCCCCCCCCCC. The second-order valence-electron chi connectivity index (χ2n) is 22.8. The van der Waals surface area contributed by atoms with Gasteiger partial charge < -0.3 is 20.3 Å². The van der Waals surface area contributed by atoms with Crippen molar-refractivity contribution in [2.24, 2.45) is 0 Å². The molecule has 0 heterocycles. The van der Waals surface area contributed by atoms with E-state index in [1.165, 1.54) is 283 Å². The Bertz CT molecular complexity index is 1200. The lowest BCUT2D eigenvalue weighted by Crippen LogP contribution is -2.45. The van der Waals surface area contributed by atoms with Crippen molar-refractivity contribution in [3.05, 3.63) is 36.5 Å². The molecule has 0 radical (unpaired) electrons. The Morgan fingerprint density at radius 1 is 0.378 bits per heavy atom. The standard InChI is InChI=1S/C68H129NO5/c1-3-5-7-9-11-13-15-17-19-33-36-40-44-48-52-56-60-66(71)65(64-70)69-67(72)61-57-53-49-45-41-37-34-30-28-26-24-22-20-21-23-25-27-29-31-35-39-43-47-51-55-59-63-74-68(73)62-58-54-50-46-42-38-32-18-16-14-12-10-8-6-4-2/h12,14,18,32,56,60,65-66,70-71H,3-11,13,15-17,19-31,33-55,57-59,61-64H2,1-2H3,(H,69,72)/b14-12-,32-18-,60-56+/t65-,66+/m0/s1. The lowest BCUT2D eigenvalue weighted by molar-refractivity contribution is -0.143. The molecule has 2 atom stereocenters. The molecule has 0 saturated heterocycles. The Kier molecular flexibility index (Phi) is 62.0. The van der Waals surface area contributed by atoms with Gasteiger partial charge in [-0.1, -0.05) is 320 Å². The molecule has 0 aliphatic heterocycles. The summed E-state index contributed by atoms with van der Waals surface area (Å²) in [6.07, 6.45) is 80.6. The van der Waals surface area contributed by atoms with Crippen LogP contribution in [-0.2, 0) is 14.3 Å². The average Bonchev–Trinajstić information content (AvgIpc) is 3.40. The number of allylic oxidation sites excluding steroid dienone is 5. The zero-order valence-corrected chi connectivity index (χ0v) is 49.8. The van der Waals surface area contributed by atoms with Crippen molar-refractivity contribution in [2.75, 3.05) is 13.2 Å². The molecule has 0 aliphatic carbocycles. The molecule has 3 N–H and O–H groups in total. The molecule has 0 aliphatic rings. The molecule has 0 unspecified atom stereocenters. The summed E-state index contributed by atoms with van der Waals surface area (Å²) >= 11 is 0. The summed E-state index contributed by atoms with van der Waals surface area (Å²) in [5.41, 5.74) is 0. The van der Waals surface area contributed by atoms with Crippen LogP contribution >= 0.6 is 0 Å². The van der Waals surface area contributed by atoms with Crippen molar-refractivity contribution in [2.45, 2.75) is 373 Å². The smallest absolute Gasteiger partial charge is 0.305 e. The summed E-state index contributed by atoms with van der Waals surface area (Å²) in [5.74, 6) is -0.0608. The molecular weight excluding hydrogens is 911 g/mol. The van der Waals surface area contributed by atoms with Crippen LogP contribution < -0.4 is 5.32 Å². The third-order valence-electron chi connectivity index (χ3n) is 15.4. The zero-order chi connectivity index (χ0) is 53.6. The van der Waals surface area contributed by atoms with Gasteiger partial charge in [0.15, 0.2) is 0 Å². The van der Waals surface area contributed by atoms with E-state index in [1.54, 1.807) is 6.08 Å². The highest BCUT2D eigenvalue weighted by Gasteiger charge is 2.18. The van der Waals surface area contributed by atoms with E-state index in [9.17, 15) is 19.8 Å². The molecule has 0 rings (SSSR count). The van der Waals surface area contributed by atoms with Gasteiger partial charge in [-0.15, -0.1) is 0 Å². The van der Waals surface area contributed by atoms with E-state index >= 15 is 0 Å². The Balaban J connectivity index is 3.38. The average molecular weight is 1040 g/mol. The van der Waals surface area contributed by atoms with Gasteiger partial charge in [0.25, 0.3) is 0 Å². The largest absolute Gasteiger partial charge is 0.466 e. The van der Waals surface area contributed by atoms with Crippen LogP contribution in [0.5, 0.6) is 0 Å². The van der Waals surface area contributed by atoms with Gasteiger partial charge in [-0.3, -0.25) is 9.59 Å². The van der Waals surface area contributed by atoms with Crippen LogP contribution in [0, 0.1) is 0 Å². The number of hydrogen-bond donors (Lipinski definition) is 3. The Morgan fingerprint density at radius 2 is 0.676 bits per heavy atom. The summed E-state index contributed by atoms with van der Waals surface area (Å²) in [7, 11) is 0. The van der Waals surface area contributed by atoms with E-state index in [-0.39, 0.29) is 18.5 Å². The number of ether oxygens (including phenoxy) is 1. The monoisotopic (exact) mass is 1040 g/mol. The van der Waals surface area contributed by atoms with Crippen molar-refractivity contribution >= 4 is 11.9 Å². The van der Waals surface area contributed by atoms with E-state index in [1.807, 2.05) is 6.08 Å². The van der Waals surface area contributed by atoms with Gasteiger partial charge in [-0.25, -0.2) is 0 Å². The first kappa shape index (κ1) is 72.1. The van der Waals surface area contributed by atoms with Crippen LogP contribution in [0.15, 0.2) is 36.5 Å². The van der Waals surface area contributed by atoms with Crippen molar-refractivity contribution in [3.63, 3.8) is 0 Å². The summed E-state index contributed by atoms with van der Waals surface area (Å²) < 4.78 is 5.48. The summed E-state index contributed by atoms with van der Waals surface area (Å²) in [4.78, 5) is 24.5. The molecule has 74 heavy (non-hydrogen) atoms. The number of nitrogens with one attached hydrogen (secondary N) is 1. The quantitative estimate of drug-likeness (QED) is 0.0320. The number of esters is 1. The van der Waals surface area contributed by atoms with Crippen LogP contribution in [-0.4, -0.2) is 47.4 Å². The second kappa shape index (κ2) is 63.6. The highest BCUT2D eigenvalue weighted by atomic mass is 16.5. The Hall–Kier alpha value is -1.92. The zero-order valence-electron chi connectivity index (χ0n) is 49.8. The normalized spacial score (nSPS) is 12.8. The number of hydrogen-bond acceptors (Lipinski definition) is 5. The van der Waals surface area contributed by atoms with Gasteiger partial charge >= 0.3 is 5.97 Å². The molecule has 6 heteroatoms. The van der Waals surface area contributed by atoms with E-state index < -0.39 is 12.1 Å². The van der Waals surface area contributed by atoms with E-state index in [4.69, 9.17) is 4.74 Å². The fraction of sp³-hybridized carbons (Fsp3) is 0.882. The fourth-order valence-electron chi connectivity index (χ4n) is 10.3. The van der Waals surface area contributed by atoms with Gasteiger partial charge in [-0.05, 0) is 64.2 Å². The highest BCUT2D eigenvalue weighted by Crippen LogP contribution is 2.18. The third kappa shape index (κ3) is 59.3. The first-order chi connectivity index (χ1) is 36.5. The molecule has 0 aromatic carbocycles. The molecule has 0 aromatic heterocycles.